The number of carbonyl (C=O) groups excluding carboxylic acids is 1. The van der Waals surface area contributed by atoms with Crippen LogP contribution in [0.2, 0.25) is 0 Å². The van der Waals surface area contributed by atoms with E-state index in [1.54, 1.807) is 6.20 Å². The molecule has 0 radical (unpaired) electrons. The zero-order chi connectivity index (χ0) is 21.1. The van der Waals surface area contributed by atoms with E-state index in [-0.39, 0.29) is 24.0 Å². The van der Waals surface area contributed by atoms with Gasteiger partial charge < -0.3 is 20.7 Å². The Kier molecular flexibility index (Phi) is 11.2. The SMILES string of the molecule is CCNC(=NCCc1ccc(-n2cccn2)cc1)NCCNC(=O)OC(C)(C)C.I. The van der Waals surface area contributed by atoms with Gasteiger partial charge in [0.05, 0.1) is 5.69 Å². The van der Waals surface area contributed by atoms with Crippen molar-refractivity contribution in [3.05, 3.63) is 48.3 Å². The molecule has 0 fully saturated rings. The van der Waals surface area contributed by atoms with E-state index in [1.807, 2.05) is 44.6 Å². The minimum Gasteiger partial charge on any atom is -0.444 e. The molecule has 30 heavy (non-hydrogen) atoms. The first kappa shape index (κ1) is 25.7. The van der Waals surface area contributed by atoms with E-state index in [9.17, 15) is 4.79 Å². The molecule has 1 heterocycles. The second-order valence-corrected chi connectivity index (χ2v) is 7.48. The van der Waals surface area contributed by atoms with Crippen molar-refractivity contribution >= 4 is 36.0 Å². The summed E-state index contributed by atoms with van der Waals surface area (Å²) < 4.78 is 7.04. The molecule has 0 unspecified atom stereocenters. The van der Waals surface area contributed by atoms with Crippen molar-refractivity contribution in [1.29, 1.82) is 0 Å². The van der Waals surface area contributed by atoms with Crippen LogP contribution in [-0.2, 0) is 11.2 Å². The van der Waals surface area contributed by atoms with Gasteiger partial charge in [0, 0.05) is 38.6 Å². The van der Waals surface area contributed by atoms with Gasteiger partial charge >= 0.3 is 6.09 Å². The Bertz CT molecular complexity index is 770. The highest BCUT2D eigenvalue weighted by Gasteiger charge is 2.15. The third-order valence-electron chi connectivity index (χ3n) is 3.81. The Hall–Kier alpha value is -2.30. The van der Waals surface area contributed by atoms with Gasteiger partial charge in [-0.3, -0.25) is 4.99 Å². The molecule has 0 saturated heterocycles. The number of alkyl carbamates (subject to hydrolysis) is 1. The lowest BCUT2D eigenvalue weighted by Gasteiger charge is -2.19. The maximum Gasteiger partial charge on any atom is 0.407 e. The van der Waals surface area contributed by atoms with E-state index in [1.165, 1.54) is 5.56 Å². The number of hydrogen-bond donors (Lipinski definition) is 3. The van der Waals surface area contributed by atoms with Gasteiger partial charge in [-0.2, -0.15) is 5.10 Å². The molecule has 1 aromatic heterocycles. The predicted molar refractivity (Wildman–Crippen MR) is 131 cm³/mol. The number of aromatic nitrogens is 2. The van der Waals surface area contributed by atoms with Gasteiger partial charge in [0.1, 0.15) is 5.60 Å². The average molecular weight is 528 g/mol. The number of rotatable bonds is 8. The molecule has 0 atom stereocenters. The zero-order valence-electron chi connectivity index (χ0n) is 18.1. The summed E-state index contributed by atoms with van der Waals surface area (Å²) in [4.78, 5) is 16.2. The van der Waals surface area contributed by atoms with Gasteiger partial charge in [0.2, 0.25) is 0 Å². The van der Waals surface area contributed by atoms with Crippen molar-refractivity contribution < 1.29 is 9.53 Å². The number of hydrogen-bond acceptors (Lipinski definition) is 4. The average Bonchev–Trinajstić information content (AvgIpc) is 3.19. The van der Waals surface area contributed by atoms with Gasteiger partial charge in [-0.05, 0) is 57.9 Å². The summed E-state index contributed by atoms with van der Waals surface area (Å²) in [5.41, 5.74) is 1.76. The molecule has 2 aromatic rings. The number of nitrogens with one attached hydrogen (secondary N) is 3. The number of nitrogens with zero attached hydrogens (tertiary/aromatic N) is 3. The van der Waals surface area contributed by atoms with E-state index in [2.05, 4.69) is 50.3 Å². The van der Waals surface area contributed by atoms with Gasteiger partial charge in [-0.25, -0.2) is 9.48 Å². The van der Waals surface area contributed by atoms with Gasteiger partial charge in [-0.1, -0.05) is 12.1 Å². The third-order valence-corrected chi connectivity index (χ3v) is 3.81. The van der Waals surface area contributed by atoms with Crippen LogP contribution in [0.3, 0.4) is 0 Å². The molecule has 0 aliphatic carbocycles. The molecule has 166 valence electrons. The molecule has 0 spiro atoms. The lowest BCUT2D eigenvalue weighted by Crippen LogP contribution is -2.42. The maximum absolute atomic E-state index is 11.6. The molecule has 9 heteroatoms. The van der Waals surface area contributed by atoms with Crippen molar-refractivity contribution in [3.63, 3.8) is 0 Å². The predicted octanol–water partition coefficient (Wildman–Crippen LogP) is 3.11. The van der Waals surface area contributed by atoms with Gasteiger partial charge in [-0.15, -0.1) is 24.0 Å². The zero-order valence-corrected chi connectivity index (χ0v) is 20.5. The first-order valence-electron chi connectivity index (χ1n) is 9.95. The maximum atomic E-state index is 11.6. The van der Waals surface area contributed by atoms with E-state index >= 15 is 0 Å². The Morgan fingerprint density at radius 3 is 2.43 bits per heavy atom. The van der Waals surface area contributed by atoms with Crippen molar-refractivity contribution in [3.8, 4) is 5.69 Å². The van der Waals surface area contributed by atoms with Gasteiger partial charge in [0.25, 0.3) is 0 Å². The van der Waals surface area contributed by atoms with Crippen molar-refractivity contribution in [1.82, 2.24) is 25.7 Å². The molecule has 3 N–H and O–H groups in total. The summed E-state index contributed by atoms with van der Waals surface area (Å²) in [5.74, 6) is 0.728. The number of amides is 1. The second kappa shape index (κ2) is 13.1. The normalized spacial score (nSPS) is 11.4. The minimum absolute atomic E-state index is 0. The van der Waals surface area contributed by atoms with Crippen molar-refractivity contribution in [2.24, 2.45) is 4.99 Å². The van der Waals surface area contributed by atoms with Crippen LogP contribution in [0.15, 0.2) is 47.7 Å². The van der Waals surface area contributed by atoms with Crippen molar-refractivity contribution in [2.45, 2.75) is 39.7 Å². The van der Waals surface area contributed by atoms with Crippen LogP contribution in [0.1, 0.15) is 33.3 Å². The van der Waals surface area contributed by atoms with Crippen LogP contribution >= 0.6 is 24.0 Å². The van der Waals surface area contributed by atoms with Crippen molar-refractivity contribution in [2.75, 3.05) is 26.2 Å². The van der Waals surface area contributed by atoms with E-state index < -0.39 is 11.7 Å². The fraction of sp³-hybridized carbons (Fsp3) is 0.476. The monoisotopic (exact) mass is 528 g/mol. The quantitative estimate of drug-likeness (QED) is 0.212. The van der Waals surface area contributed by atoms with Crippen LogP contribution < -0.4 is 16.0 Å². The molecule has 0 aliphatic rings. The van der Waals surface area contributed by atoms with E-state index in [0.717, 1.165) is 24.6 Å². The molecular weight excluding hydrogens is 495 g/mol. The summed E-state index contributed by atoms with van der Waals surface area (Å²) in [6, 6.07) is 10.2. The third kappa shape index (κ3) is 9.95. The fourth-order valence-electron chi connectivity index (χ4n) is 2.54. The standard InChI is InChI=1S/C21H32N6O2.HI/c1-5-22-19(24-14-15-25-20(28)29-21(2,3)4)23-13-11-17-7-9-18(10-8-17)27-16-6-12-26-27;/h6-10,12,16H,5,11,13-15H2,1-4H3,(H,25,28)(H2,22,23,24);1H. The van der Waals surface area contributed by atoms with Gasteiger partial charge in [0.15, 0.2) is 5.96 Å². The lowest BCUT2D eigenvalue weighted by molar-refractivity contribution is 0.0529. The Balaban J connectivity index is 0.00000450. The van der Waals surface area contributed by atoms with Crippen LogP contribution in [0.4, 0.5) is 4.79 Å². The number of guanidine groups is 1. The summed E-state index contributed by atoms with van der Waals surface area (Å²) in [5, 5.41) is 13.4. The molecule has 0 aliphatic heterocycles. The number of ether oxygens (including phenoxy) is 1. The van der Waals surface area contributed by atoms with E-state index in [4.69, 9.17) is 4.74 Å². The Morgan fingerprint density at radius 1 is 1.13 bits per heavy atom. The highest BCUT2D eigenvalue weighted by atomic mass is 127. The van der Waals surface area contributed by atoms with Crippen LogP contribution in [-0.4, -0.2) is 53.6 Å². The number of benzene rings is 1. The Morgan fingerprint density at radius 2 is 1.83 bits per heavy atom. The summed E-state index contributed by atoms with van der Waals surface area (Å²) >= 11 is 0. The molecular formula is C21H33IN6O2. The highest BCUT2D eigenvalue weighted by Crippen LogP contribution is 2.09. The minimum atomic E-state index is -0.496. The first-order valence-corrected chi connectivity index (χ1v) is 9.95. The summed E-state index contributed by atoms with van der Waals surface area (Å²) in [6.45, 7) is 9.98. The number of carbonyl (C=O) groups is 1. The highest BCUT2D eigenvalue weighted by molar-refractivity contribution is 14.0. The summed E-state index contributed by atoms with van der Waals surface area (Å²) in [6.07, 6.45) is 4.11. The largest absolute Gasteiger partial charge is 0.444 e. The molecule has 2 rings (SSSR count). The Labute approximate surface area is 195 Å². The fourth-order valence-corrected chi connectivity index (χ4v) is 2.54. The lowest BCUT2D eigenvalue weighted by atomic mass is 10.1. The summed E-state index contributed by atoms with van der Waals surface area (Å²) in [7, 11) is 0. The van der Waals surface area contributed by atoms with Crippen LogP contribution in [0.5, 0.6) is 0 Å². The second-order valence-electron chi connectivity index (χ2n) is 7.48. The smallest absolute Gasteiger partial charge is 0.407 e. The van der Waals surface area contributed by atoms with Crippen LogP contribution in [0.25, 0.3) is 5.69 Å². The first-order chi connectivity index (χ1) is 13.9. The van der Waals surface area contributed by atoms with Crippen LogP contribution in [0, 0.1) is 0 Å². The van der Waals surface area contributed by atoms with E-state index in [0.29, 0.717) is 19.6 Å². The topological polar surface area (TPSA) is 92.6 Å². The number of aliphatic imine (C=N–C) groups is 1. The molecule has 0 bridgehead atoms. The molecule has 0 saturated carbocycles. The molecule has 1 aromatic carbocycles. The number of halogens is 1. The molecule has 8 nitrogen and oxygen atoms in total. The molecule has 1 amide bonds.